The van der Waals surface area contributed by atoms with Crippen LogP contribution in [0.4, 0.5) is 0 Å². The lowest BCUT2D eigenvalue weighted by molar-refractivity contribution is -0.198. The summed E-state index contributed by atoms with van der Waals surface area (Å²) >= 11 is 0. The Morgan fingerprint density at radius 1 is 0.870 bits per heavy atom. The van der Waals surface area contributed by atoms with Crippen molar-refractivity contribution in [2.45, 2.75) is 151 Å². The molecule has 0 radical (unpaired) electrons. The number of hydrogen-bond donors (Lipinski definition) is 8. The molecule has 14 unspecified atom stereocenters. The van der Waals surface area contributed by atoms with Gasteiger partial charge in [-0.05, 0) is 114 Å². The first-order valence-corrected chi connectivity index (χ1v) is 18.2. The van der Waals surface area contributed by atoms with Crippen LogP contribution in [-0.4, -0.2) is 127 Å². The molecule has 0 aromatic rings. The molecule has 2 aliphatic heterocycles. The first kappa shape index (κ1) is 38.3. The molecule has 9 N–H and O–H groups in total. The van der Waals surface area contributed by atoms with Crippen LogP contribution in [0.15, 0.2) is 0 Å². The van der Waals surface area contributed by atoms with Crippen molar-refractivity contribution in [2.24, 2.45) is 29.4 Å². The van der Waals surface area contributed by atoms with Gasteiger partial charge >= 0.3 is 0 Å². The van der Waals surface area contributed by atoms with Crippen molar-refractivity contribution in [1.82, 2.24) is 10.6 Å². The molecule has 2 aliphatic carbocycles. The highest BCUT2D eigenvalue weighted by atomic mass is 16.6. The Morgan fingerprint density at radius 2 is 1.65 bits per heavy atom. The third-order valence-corrected chi connectivity index (χ3v) is 11.4. The molecule has 14 atom stereocenters. The number of ether oxygens (including phenoxy) is 4. The lowest BCUT2D eigenvalue weighted by Crippen LogP contribution is -2.55. The standard InChI is InChI=1S/C34H65N3O9/c1-3-36-24(7-4-22-10-12-37-32(35)15-22)19-44-31-17-23(16-30(43-2)33(31)42)34-26(11-13-38)28(41)18-25(46-34)8-5-21-6-9-27(40)29(14-21)45-20-39/h21-34,36-42H,3-20,35H2,1-2H3. The van der Waals surface area contributed by atoms with Crippen LogP contribution in [0.1, 0.15) is 90.4 Å². The molecule has 270 valence electrons. The fourth-order valence-electron chi connectivity index (χ4n) is 8.74. The van der Waals surface area contributed by atoms with E-state index in [0.717, 1.165) is 58.0 Å². The molecule has 4 fully saturated rings. The first-order chi connectivity index (χ1) is 22.3. The van der Waals surface area contributed by atoms with E-state index in [1.807, 2.05) is 0 Å². The number of nitrogens with two attached hydrogens (primary N) is 1. The predicted octanol–water partition coefficient (Wildman–Crippen LogP) is 0.993. The molecule has 12 nitrogen and oxygen atoms in total. The number of likely N-dealkylation sites (N-methyl/N-ethyl adjacent to an activating group) is 1. The first-order valence-electron chi connectivity index (χ1n) is 18.2. The fraction of sp³-hybridized carbons (Fsp3) is 1.00. The summed E-state index contributed by atoms with van der Waals surface area (Å²) in [6.07, 6.45) is 6.81. The minimum absolute atomic E-state index is 0.00618. The van der Waals surface area contributed by atoms with Crippen molar-refractivity contribution in [1.29, 1.82) is 0 Å². The average Bonchev–Trinajstić information content (AvgIpc) is 3.04. The van der Waals surface area contributed by atoms with Crippen LogP contribution in [0.5, 0.6) is 0 Å². The number of rotatable bonds is 17. The zero-order chi connectivity index (χ0) is 33.1. The second kappa shape index (κ2) is 19.6. The van der Waals surface area contributed by atoms with Crippen LogP contribution in [0.25, 0.3) is 0 Å². The number of piperidine rings is 1. The highest BCUT2D eigenvalue weighted by Crippen LogP contribution is 2.42. The molecule has 4 rings (SSSR count). The minimum atomic E-state index is -0.762. The number of aliphatic hydroxyl groups excluding tert-OH is 5. The summed E-state index contributed by atoms with van der Waals surface area (Å²) < 4.78 is 24.4. The third kappa shape index (κ3) is 11.0. The van der Waals surface area contributed by atoms with Crippen molar-refractivity contribution >= 4 is 0 Å². The smallest absolute Gasteiger partial charge is 0.144 e. The van der Waals surface area contributed by atoms with E-state index >= 15 is 0 Å². The van der Waals surface area contributed by atoms with E-state index in [1.165, 1.54) is 0 Å². The van der Waals surface area contributed by atoms with Crippen molar-refractivity contribution in [3.63, 3.8) is 0 Å². The molecule has 12 heteroatoms. The maximum absolute atomic E-state index is 11.3. The van der Waals surface area contributed by atoms with Crippen molar-refractivity contribution in [3.8, 4) is 0 Å². The molecule has 2 saturated heterocycles. The Morgan fingerprint density at radius 3 is 2.37 bits per heavy atom. The monoisotopic (exact) mass is 659 g/mol. The molecule has 0 bridgehead atoms. The van der Waals surface area contributed by atoms with E-state index in [9.17, 15) is 25.5 Å². The van der Waals surface area contributed by atoms with Gasteiger partial charge in [0.2, 0.25) is 0 Å². The molecule has 0 aromatic heterocycles. The number of aliphatic hydroxyl groups is 5. The molecule has 4 aliphatic rings. The zero-order valence-electron chi connectivity index (χ0n) is 28.3. The van der Waals surface area contributed by atoms with Crippen molar-refractivity contribution in [3.05, 3.63) is 0 Å². The Labute approximate surface area is 276 Å². The van der Waals surface area contributed by atoms with E-state index < -0.39 is 37.3 Å². The van der Waals surface area contributed by atoms with E-state index in [-0.39, 0.29) is 49.0 Å². The van der Waals surface area contributed by atoms with Crippen LogP contribution >= 0.6 is 0 Å². The van der Waals surface area contributed by atoms with Gasteiger partial charge in [0.1, 0.15) is 12.9 Å². The fourth-order valence-corrected chi connectivity index (χ4v) is 8.74. The van der Waals surface area contributed by atoms with Crippen LogP contribution in [-0.2, 0) is 18.9 Å². The third-order valence-electron chi connectivity index (χ3n) is 11.4. The summed E-state index contributed by atoms with van der Waals surface area (Å²) in [5.41, 5.74) is 6.13. The Bertz CT molecular complexity index is 846. The molecule has 0 aromatic carbocycles. The second-order valence-corrected chi connectivity index (χ2v) is 14.5. The van der Waals surface area contributed by atoms with Crippen LogP contribution in [0.3, 0.4) is 0 Å². The normalized spacial score (nSPS) is 41.3. The quantitative estimate of drug-likeness (QED) is 0.104. The summed E-state index contributed by atoms with van der Waals surface area (Å²) in [6.45, 7) is 3.96. The number of hydrogen-bond acceptors (Lipinski definition) is 12. The largest absolute Gasteiger partial charge is 0.396 e. The Balaban J connectivity index is 1.37. The van der Waals surface area contributed by atoms with Gasteiger partial charge in [0, 0.05) is 25.7 Å². The number of nitrogens with one attached hydrogen (secondary N) is 2. The topological polar surface area (TPSA) is 188 Å². The van der Waals surface area contributed by atoms with E-state index in [0.29, 0.717) is 57.0 Å². The molecule has 0 amide bonds. The predicted molar refractivity (Wildman–Crippen MR) is 174 cm³/mol. The van der Waals surface area contributed by atoms with E-state index in [4.69, 9.17) is 24.7 Å². The molecular formula is C34H65N3O9. The van der Waals surface area contributed by atoms with Gasteiger partial charge in [-0.2, -0.15) is 0 Å². The van der Waals surface area contributed by atoms with Gasteiger partial charge in [0.15, 0.2) is 0 Å². The van der Waals surface area contributed by atoms with Gasteiger partial charge in [-0.15, -0.1) is 0 Å². The highest BCUT2D eigenvalue weighted by Gasteiger charge is 2.47. The lowest BCUT2D eigenvalue weighted by Gasteiger charge is -2.48. The zero-order valence-corrected chi connectivity index (χ0v) is 28.3. The second-order valence-electron chi connectivity index (χ2n) is 14.5. The Kier molecular flexibility index (Phi) is 16.4. The van der Waals surface area contributed by atoms with E-state index in [1.54, 1.807) is 7.11 Å². The number of methoxy groups -OCH3 is 1. The summed E-state index contributed by atoms with van der Waals surface area (Å²) in [4.78, 5) is 0. The van der Waals surface area contributed by atoms with Gasteiger partial charge in [0.25, 0.3) is 0 Å². The molecule has 0 spiro atoms. The molecular weight excluding hydrogens is 594 g/mol. The van der Waals surface area contributed by atoms with Gasteiger partial charge in [-0.1, -0.05) is 6.92 Å². The Hall–Kier alpha value is -0.480. The van der Waals surface area contributed by atoms with Gasteiger partial charge in [-0.3, -0.25) is 0 Å². The molecule has 46 heavy (non-hydrogen) atoms. The van der Waals surface area contributed by atoms with Crippen LogP contribution in [0, 0.1) is 23.7 Å². The van der Waals surface area contributed by atoms with Gasteiger partial charge < -0.3 is 60.8 Å². The van der Waals surface area contributed by atoms with Crippen molar-refractivity contribution < 1.29 is 44.5 Å². The summed E-state index contributed by atoms with van der Waals surface area (Å²) in [5, 5.41) is 58.8. The average molecular weight is 660 g/mol. The van der Waals surface area contributed by atoms with Crippen LogP contribution < -0.4 is 16.4 Å². The molecule has 2 saturated carbocycles. The summed E-state index contributed by atoms with van der Waals surface area (Å²) in [7, 11) is 1.62. The maximum atomic E-state index is 11.3. The van der Waals surface area contributed by atoms with Gasteiger partial charge in [-0.25, -0.2) is 0 Å². The van der Waals surface area contributed by atoms with Crippen molar-refractivity contribution in [2.75, 3.05) is 40.2 Å². The van der Waals surface area contributed by atoms with Crippen LogP contribution in [0.2, 0.25) is 0 Å². The summed E-state index contributed by atoms with van der Waals surface area (Å²) in [6, 6.07) is 0.173. The summed E-state index contributed by atoms with van der Waals surface area (Å²) in [5.74, 6) is 0.739. The minimum Gasteiger partial charge on any atom is -0.396 e. The highest BCUT2D eigenvalue weighted by molar-refractivity contribution is 4.97. The van der Waals surface area contributed by atoms with Gasteiger partial charge in [0.05, 0.1) is 55.5 Å². The lowest BCUT2D eigenvalue weighted by atomic mass is 9.72. The maximum Gasteiger partial charge on any atom is 0.144 e. The van der Waals surface area contributed by atoms with E-state index in [2.05, 4.69) is 17.6 Å². The SMILES string of the molecule is CCNC(CCC1CCNC(N)C1)COC1CC(C2OC(CCC3CCC(O)C(OCO)C3)CC(O)C2CCO)CC(OC)C1O. The molecule has 2 heterocycles.